The fourth-order valence-corrected chi connectivity index (χ4v) is 7.10. The Balaban J connectivity index is 1.53. The van der Waals surface area contributed by atoms with Crippen molar-refractivity contribution in [3.63, 3.8) is 0 Å². The first-order chi connectivity index (χ1) is 21.1. The van der Waals surface area contributed by atoms with E-state index >= 15 is 0 Å². The molecule has 0 bridgehead atoms. The van der Waals surface area contributed by atoms with E-state index in [9.17, 15) is 0 Å². The van der Waals surface area contributed by atoms with Crippen LogP contribution in [0.15, 0.2) is 156 Å². The third-order valence-corrected chi connectivity index (χ3v) is 9.63. The number of allylic oxidation sites excluding steroid dienone is 7. The molecular formula is C42H40N2. The number of rotatable bonds is 6. The largest absolute Gasteiger partial charge is 0.383 e. The maximum absolute atomic E-state index is 6.78. The summed E-state index contributed by atoms with van der Waals surface area (Å²) in [5, 5.41) is 0. The Bertz CT molecular complexity index is 1910. The van der Waals surface area contributed by atoms with E-state index in [1.54, 1.807) is 6.08 Å². The molecule has 0 amide bonds. The molecular weight excluding hydrogens is 532 g/mol. The number of nitrogens with two attached hydrogens (primary N) is 1. The zero-order valence-electron chi connectivity index (χ0n) is 26.4. The van der Waals surface area contributed by atoms with Gasteiger partial charge in [0.25, 0.3) is 0 Å². The SMILES string of the molecule is C=C/C=C(C)/C(C)=C/C=C(\C)C(=C)N=C(N)c1ccc2c(c1)C1(c3ccccc3-c3ccccc31)c1ccccc1C2(C)C. The van der Waals surface area contributed by atoms with E-state index in [4.69, 9.17) is 10.7 Å². The number of amidine groups is 1. The highest BCUT2D eigenvalue weighted by Gasteiger charge is 2.53. The highest BCUT2D eigenvalue weighted by molar-refractivity contribution is 5.99. The molecule has 0 atom stereocenters. The lowest BCUT2D eigenvalue weighted by Crippen LogP contribution is -2.41. The fourth-order valence-electron chi connectivity index (χ4n) is 7.10. The van der Waals surface area contributed by atoms with Crippen molar-refractivity contribution in [2.45, 2.75) is 45.4 Å². The van der Waals surface area contributed by atoms with Crippen molar-refractivity contribution in [2.24, 2.45) is 10.7 Å². The zero-order valence-corrected chi connectivity index (χ0v) is 26.4. The van der Waals surface area contributed by atoms with Crippen LogP contribution >= 0.6 is 0 Å². The lowest BCUT2D eigenvalue weighted by molar-refractivity contribution is 0.563. The molecule has 2 aliphatic rings. The third-order valence-electron chi connectivity index (χ3n) is 9.63. The monoisotopic (exact) mass is 572 g/mol. The summed E-state index contributed by atoms with van der Waals surface area (Å²) in [6.45, 7) is 18.9. The van der Waals surface area contributed by atoms with E-state index in [0.717, 1.165) is 16.7 Å². The van der Waals surface area contributed by atoms with E-state index < -0.39 is 5.41 Å². The van der Waals surface area contributed by atoms with Crippen LogP contribution in [-0.4, -0.2) is 5.84 Å². The molecule has 1 spiro atoms. The minimum Gasteiger partial charge on any atom is -0.383 e. The van der Waals surface area contributed by atoms with Gasteiger partial charge < -0.3 is 5.73 Å². The lowest BCUT2D eigenvalue weighted by Gasteiger charge is -2.46. The van der Waals surface area contributed by atoms with Crippen molar-refractivity contribution in [1.29, 1.82) is 0 Å². The molecule has 44 heavy (non-hydrogen) atoms. The molecule has 0 aliphatic heterocycles. The Morgan fingerprint density at radius 2 is 1.14 bits per heavy atom. The molecule has 2 N–H and O–H groups in total. The van der Waals surface area contributed by atoms with Crippen LogP contribution in [0.4, 0.5) is 0 Å². The third kappa shape index (κ3) is 4.36. The molecule has 0 saturated carbocycles. The Morgan fingerprint density at radius 3 is 1.75 bits per heavy atom. The normalized spacial score (nSPS) is 16.6. The average molecular weight is 573 g/mol. The molecule has 0 unspecified atom stereocenters. The van der Waals surface area contributed by atoms with Gasteiger partial charge in [0.15, 0.2) is 0 Å². The van der Waals surface area contributed by atoms with Crippen molar-refractivity contribution in [3.05, 3.63) is 190 Å². The second-order valence-electron chi connectivity index (χ2n) is 12.5. The van der Waals surface area contributed by atoms with Crippen LogP contribution in [0, 0.1) is 0 Å². The molecule has 0 aromatic heterocycles. The fraction of sp³-hybridized carbons (Fsp3) is 0.167. The molecule has 2 heteroatoms. The maximum Gasteiger partial charge on any atom is 0.131 e. The second-order valence-corrected chi connectivity index (χ2v) is 12.5. The summed E-state index contributed by atoms with van der Waals surface area (Å²) in [6, 6.07) is 33.4. The van der Waals surface area contributed by atoms with Gasteiger partial charge in [-0.3, -0.25) is 0 Å². The Labute approximate surface area is 262 Å². The summed E-state index contributed by atoms with van der Waals surface area (Å²) in [5.74, 6) is 0.459. The van der Waals surface area contributed by atoms with Gasteiger partial charge in [-0.15, -0.1) is 0 Å². The Kier molecular flexibility index (Phi) is 7.25. The van der Waals surface area contributed by atoms with Gasteiger partial charge in [-0.05, 0) is 88.1 Å². The summed E-state index contributed by atoms with van der Waals surface area (Å²) in [5.41, 5.74) is 21.4. The van der Waals surface area contributed by atoms with Crippen LogP contribution in [0.1, 0.15) is 73.6 Å². The minimum absolute atomic E-state index is 0.195. The van der Waals surface area contributed by atoms with Gasteiger partial charge in [-0.25, -0.2) is 4.99 Å². The molecule has 2 nitrogen and oxygen atoms in total. The minimum atomic E-state index is -0.461. The molecule has 4 aromatic rings. The molecule has 218 valence electrons. The van der Waals surface area contributed by atoms with E-state index in [-0.39, 0.29) is 5.41 Å². The average Bonchev–Trinajstić information content (AvgIpc) is 3.33. The van der Waals surface area contributed by atoms with Gasteiger partial charge in [-0.1, -0.05) is 136 Å². The van der Waals surface area contributed by atoms with Crippen LogP contribution in [-0.2, 0) is 10.8 Å². The lowest BCUT2D eigenvalue weighted by atomic mass is 9.55. The quantitative estimate of drug-likeness (QED) is 0.123. The van der Waals surface area contributed by atoms with Crippen LogP contribution in [0.2, 0.25) is 0 Å². The van der Waals surface area contributed by atoms with E-state index in [1.807, 2.05) is 19.1 Å². The highest BCUT2D eigenvalue weighted by Crippen LogP contribution is 2.62. The van der Waals surface area contributed by atoms with E-state index in [0.29, 0.717) is 11.5 Å². The number of aliphatic imine (C=N–C) groups is 1. The van der Waals surface area contributed by atoms with Gasteiger partial charge in [0, 0.05) is 11.0 Å². The van der Waals surface area contributed by atoms with Gasteiger partial charge in [-0.2, -0.15) is 0 Å². The zero-order chi connectivity index (χ0) is 31.2. The smallest absolute Gasteiger partial charge is 0.131 e. The van der Waals surface area contributed by atoms with Crippen LogP contribution in [0.5, 0.6) is 0 Å². The van der Waals surface area contributed by atoms with Crippen molar-refractivity contribution in [3.8, 4) is 11.1 Å². The summed E-state index contributed by atoms with van der Waals surface area (Å²) in [6.07, 6.45) is 7.93. The molecule has 4 aromatic carbocycles. The van der Waals surface area contributed by atoms with E-state index in [2.05, 4.69) is 138 Å². The van der Waals surface area contributed by atoms with Crippen LogP contribution in [0.25, 0.3) is 11.1 Å². The van der Waals surface area contributed by atoms with Crippen molar-refractivity contribution in [1.82, 2.24) is 0 Å². The van der Waals surface area contributed by atoms with Crippen molar-refractivity contribution in [2.75, 3.05) is 0 Å². The number of fused-ring (bicyclic) bond motifs is 9. The van der Waals surface area contributed by atoms with Crippen LogP contribution < -0.4 is 5.73 Å². The van der Waals surface area contributed by atoms with Gasteiger partial charge in [0.05, 0.1) is 11.1 Å². The van der Waals surface area contributed by atoms with Gasteiger partial charge >= 0.3 is 0 Å². The van der Waals surface area contributed by atoms with Crippen molar-refractivity contribution < 1.29 is 0 Å². The predicted molar refractivity (Wildman–Crippen MR) is 187 cm³/mol. The number of hydrogen-bond acceptors (Lipinski definition) is 1. The topological polar surface area (TPSA) is 38.4 Å². The summed E-state index contributed by atoms with van der Waals surface area (Å²) < 4.78 is 0. The molecule has 6 rings (SSSR count). The van der Waals surface area contributed by atoms with E-state index in [1.165, 1.54) is 50.1 Å². The molecule has 0 heterocycles. The number of nitrogens with zero attached hydrogens (tertiary/aromatic N) is 1. The van der Waals surface area contributed by atoms with Crippen LogP contribution in [0.3, 0.4) is 0 Å². The standard InChI is InChI=1S/C42H40N2/c1-8-15-27(2)28(3)22-23-29(4)30(5)44-40(43)31-24-25-37-39(26-31)42(38-21-14-13-20-36(38)41(37,6)7)34-18-11-9-16-32(34)33-17-10-12-19-35(33)42/h8-26H,1,5H2,2-4,6-7H3,(H2,43,44)/b27-15+,28-22+,29-23+. The maximum atomic E-state index is 6.78. The second kappa shape index (κ2) is 11.0. The first kappa shape index (κ1) is 29.1. The van der Waals surface area contributed by atoms with Gasteiger partial charge in [0.2, 0.25) is 0 Å². The van der Waals surface area contributed by atoms with Crippen molar-refractivity contribution >= 4 is 5.84 Å². The first-order valence-electron chi connectivity index (χ1n) is 15.3. The molecule has 0 fully saturated rings. The molecule has 2 aliphatic carbocycles. The first-order valence-corrected chi connectivity index (χ1v) is 15.3. The number of benzene rings is 4. The summed E-state index contributed by atoms with van der Waals surface area (Å²) in [4.78, 5) is 4.81. The highest BCUT2D eigenvalue weighted by atomic mass is 14.9. The summed E-state index contributed by atoms with van der Waals surface area (Å²) in [7, 11) is 0. The van der Waals surface area contributed by atoms with Gasteiger partial charge in [0.1, 0.15) is 5.84 Å². The summed E-state index contributed by atoms with van der Waals surface area (Å²) >= 11 is 0. The molecule has 0 radical (unpaired) electrons. The Morgan fingerprint density at radius 1 is 0.636 bits per heavy atom. The molecule has 0 saturated heterocycles. The number of hydrogen-bond donors (Lipinski definition) is 1. The Hall–Kier alpha value is -4.95. The predicted octanol–water partition coefficient (Wildman–Crippen LogP) is 9.93.